The van der Waals surface area contributed by atoms with Crippen LogP contribution in [0.1, 0.15) is 34.1 Å². The van der Waals surface area contributed by atoms with Gasteiger partial charge < -0.3 is 14.9 Å². The minimum Gasteiger partial charge on any atom is -0.423 e. The zero-order chi connectivity index (χ0) is 14.8. The van der Waals surface area contributed by atoms with Gasteiger partial charge in [-0.3, -0.25) is 0 Å². The van der Waals surface area contributed by atoms with Crippen LogP contribution in [-0.4, -0.2) is 28.4 Å². The minimum absolute atomic E-state index is 0.0926. The van der Waals surface area contributed by atoms with Crippen molar-refractivity contribution in [2.75, 3.05) is 0 Å². The second-order valence-electron chi connectivity index (χ2n) is 6.39. The molecule has 0 spiro atoms. The highest BCUT2D eigenvalue weighted by molar-refractivity contribution is 5.94. The first-order valence-corrected chi connectivity index (χ1v) is 6.99. The average Bonchev–Trinajstić information content (AvgIpc) is 2.68. The highest BCUT2D eigenvalue weighted by Gasteiger charge is 2.50. The molecule has 3 rings (SSSR count). The van der Waals surface area contributed by atoms with E-state index in [9.17, 15) is 15.0 Å². The van der Waals surface area contributed by atoms with Crippen molar-refractivity contribution in [3.8, 4) is 0 Å². The number of hydrogen-bond donors (Lipinski definition) is 2. The molecule has 2 N–H and O–H groups in total. The second-order valence-corrected chi connectivity index (χ2v) is 6.39. The lowest BCUT2D eigenvalue weighted by molar-refractivity contribution is -0.133. The summed E-state index contributed by atoms with van der Waals surface area (Å²) in [5.41, 5.74) is 3.22. The molecule has 20 heavy (non-hydrogen) atoms. The molecule has 0 bridgehead atoms. The van der Waals surface area contributed by atoms with E-state index in [0.29, 0.717) is 17.8 Å². The molecule has 2 aliphatic carbocycles. The maximum absolute atomic E-state index is 11.8. The lowest BCUT2D eigenvalue weighted by atomic mass is 9.58. The van der Waals surface area contributed by atoms with Crippen LogP contribution in [0.5, 0.6) is 0 Å². The molecule has 1 aliphatic heterocycles. The Bertz CT molecular complexity index is 596. The van der Waals surface area contributed by atoms with Gasteiger partial charge in [-0.15, -0.1) is 0 Å². The standard InChI is InChI=1S/C16H20O4/c1-7-10-6-16(4)9(3)13(18)12(17)5-11(16)8(2)14(10)20-15(7)19/h5,9,12-13,17-18H,6H2,1-4H3/t9-,12-,13+,16+/m0/s1. The number of fused-ring (bicyclic) bond motifs is 2. The van der Waals surface area contributed by atoms with Crippen LogP contribution < -0.4 is 0 Å². The summed E-state index contributed by atoms with van der Waals surface area (Å²) in [6, 6.07) is 0. The Morgan fingerprint density at radius 3 is 2.60 bits per heavy atom. The number of ether oxygens (including phenoxy) is 1. The van der Waals surface area contributed by atoms with Crippen LogP contribution in [0.25, 0.3) is 0 Å². The highest BCUT2D eigenvalue weighted by atomic mass is 16.5. The van der Waals surface area contributed by atoms with Crippen molar-refractivity contribution in [2.45, 2.75) is 46.3 Å². The minimum atomic E-state index is -0.868. The van der Waals surface area contributed by atoms with Gasteiger partial charge in [0.1, 0.15) is 5.76 Å². The van der Waals surface area contributed by atoms with Gasteiger partial charge in [0.2, 0.25) is 0 Å². The third kappa shape index (κ3) is 1.52. The van der Waals surface area contributed by atoms with E-state index < -0.39 is 12.2 Å². The number of aliphatic hydroxyl groups excluding tert-OH is 2. The van der Waals surface area contributed by atoms with Gasteiger partial charge >= 0.3 is 5.97 Å². The van der Waals surface area contributed by atoms with Gasteiger partial charge in [0.05, 0.1) is 12.2 Å². The van der Waals surface area contributed by atoms with Crippen LogP contribution in [0.3, 0.4) is 0 Å². The molecule has 4 heteroatoms. The Hall–Kier alpha value is -1.39. The monoisotopic (exact) mass is 276 g/mol. The van der Waals surface area contributed by atoms with Crippen LogP contribution >= 0.6 is 0 Å². The van der Waals surface area contributed by atoms with E-state index in [1.807, 2.05) is 13.8 Å². The lowest BCUT2D eigenvalue weighted by Crippen LogP contribution is -2.47. The summed E-state index contributed by atoms with van der Waals surface area (Å²) in [6.45, 7) is 7.74. The number of rotatable bonds is 0. The Morgan fingerprint density at radius 2 is 1.95 bits per heavy atom. The van der Waals surface area contributed by atoms with Gasteiger partial charge in [0, 0.05) is 16.6 Å². The maximum Gasteiger partial charge on any atom is 0.339 e. The number of carbonyl (C=O) groups is 1. The van der Waals surface area contributed by atoms with Crippen molar-refractivity contribution in [1.29, 1.82) is 0 Å². The van der Waals surface area contributed by atoms with E-state index in [2.05, 4.69) is 6.92 Å². The summed E-state index contributed by atoms with van der Waals surface area (Å²) in [5, 5.41) is 20.2. The summed E-state index contributed by atoms with van der Waals surface area (Å²) in [4.78, 5) is 11.8. The van der Waals surface area contributed by atoms with E-state index >= 15 is 0 Å². The molecular weight excluding hydrogens is 256 g/mol. The zero-order valence-corrected chi connectivity index (χ0v) is 12.2. The first-order valence-electron chi connectivity index (χ1n) is 6.99. The van der Waals surface area contributed by atoms with Crippen molar-refractivity contribution in [1.82, 2.24) is 0 Å². The third-order valence-electron chi connectivity index (χ3n) is 5.34. The molecular formula is C16H20O4. The molecule has 4 nitrogen and oxygen atoms in total. The van der Waals surface area contributed by atoms with E-state index in [4.69, 9.17) is 4.74 Å². The molecule has 0 amide bonds. The van der Waals surface area contributed by atoms with Crippen molar-refractivity contribution < 1.29 is 19.7 Å². The van der Waals surface area contributed by atoms with Crippen LogP contribution in [0.4, 0.5) is 0 Å². The molecule has 4 atom stereocenters. The summed E-state index contributed by atoms with van der Waals surface area (Å²) in [7, 11) is 0. The van der Waals surface area contributed by atoms with Gasteiger partial charge in [-0.1, -0.05) is 13.8 Å². The zero-order valence-electron chi connectivity index (χ0n) is 12.2. The SMILES string of the molecule is CC1=C2C[C@@]3(C)C(=C[C@H](O)[C@H](O)[C@@H]3C)C(C)=C2OC1=O. The topological polar surface area (TPSA) is 66.8 Å². The van der Waals surface area contributed by atoms with Crippen molar-refractivity contribution in [2.24, 2.45) is 11.3 Å². The molecule has 0 unspecified atom stereocenters. The molecule has 0 radical (unpaired) electrons. The van der Waals surface area contributed by atoms with E-state index in [0.717, 1.165) is 16.7 Å². The number of carbonyl (C=O) groups excluding carboxylic acids is 1. The smallest absolute Gasteiger partial charge is 0.339 e. The van der Waals surface area contributed by atoms with Crippen molar-refractivity contribution >= 4 is 5.97 Å². The molecule has 0 fully saturated rings. The summed E-state index contributed by atoms with van der Waals surface area (Å²) >= 11 is 0. The normalized spacial score (nSPS) is 40.4. The first kappa shape index (κ1) is 13.6. The van der Waals surface area contributed by atoms with Gasteiger partial charge in [-0.05, 0) is 43.4 Å². The molecule has 3 aliphatic rings. The number of hydrogen-bond acceptors (Lipinski definition) is 4. The van der Waals surface area contributed by atoms with Crippen molar-refractivity contribution in [3.05, 3.63) is 34.1 Å². The van der Waals surface area contributed by atoms with Gasteiger partial charge in [-0.2, -0.15) is 0 Å². The number of aliphatic hydroxyl groups is 2. The van der Waals surface area contributed by atoms with Gasteiger partial charge in [-0.25, -0.2) is 4.79 Å². The van der Waals surface area contributed by atoms with E-state index in [1.54, 1.807) is 13.0 Å². The third-order valence-corrected chi connectivity index (χ3v) is 5.34. The van der Waals surface area contributed by atoms with Crippen LogP contribution in [0.15, 0.2) is 34.1 Å². The van der Waals surface area contributed by atoms with Crippen LogP contribution in [0.2, 0.25) is 0 Å². The fourth-order valence-corrected chi connectivity index (χ4v) is 3.72. The fraction of sp³-hybridized carbons (Fsp3) is 0.562. The molecule has 108 valence electrons. The second kappa shape index (κ2) is 4.06. The molecule has 0 aromatic heterocycles. The lowest BCUT2D eigenvalue weighted by Gasteiger charge is -2.48. The Labute approximate surface area is 118 Å². The first-order chi connectivity index (χ1) is 9.27. The van der Waals surface area contributed by atoms with Gasteiger partial charge in [0.25, 0.3) is 0 Å². The number of allylic oxidation sites excluding steroid dienone is 3. The predicted molar refractivity (Wildman–Crippen MR) is 73.5 cm³/mol. The van der Waals surface area contributed by atoms with Crippen LogP contribution in [-0.2, 0) is 9.53 Å². The Kier molecular flexibility index (Phi) is 2.76. The predicted octanol–water partition coefficient (Wildman–Crippen LogP) is 1.84. The van der Waals surface area contributed by atoms with E-state index in [-0.39, 0.29) is 17.3 Å². The maximum atomic E-state index is 11.8. The quantitative estimate of drug-likeness (QED) is 0.663. The van der Waals surface area contributed by atoms with Crippen LogP contribution in [0, 0.1) is 11.3 Å². The van der Waals surface area contributed by atoms with Gasteiger partial charge in [0.15, 0.2) is 0 Å². The van der Waals surface area contributed by atoms with Crippen molar-refractivity contribution in [3.63, 3.8) is 0 Å². The highest BCUT2D eigenvalue weighted by Crippen LogP contribution is 2.55. The summed E-state index contributed by atoms with van der Waals surface area (Å²) in [5.74, 6) is 0.267. The Balaban J connectivity index is 2.23. The molecule has 0 saturated heterocycles. The average molecular weight is 276 g/mol. The largest absolute Gasteiger partial charge is 0.423 e. The molecule has 0 aromatic rings. The fourth-order valence-electron chi connectivity index (χ4n) is 3.72. The Morgan fingerprint density at radius 1 is 1.30 bits per heavy atom. The summed E-state index contributed by atoms with van der Waals surface area (Å²) < 4.78 is 5.36. The number of esters is 1. The molecule has 0 aromatic carbocycles. The molecule has 0 saturated carbocycles. The molecule has 1 heterocycles. The van der Waals surface area contributed by atoms with E-state index in [1.165, 1.54) is 0 Å². The summed E-state index contributed by atoms with van der Waals surface area (Å²) in [6.07, 6.45) is 0.726.